The lowest BCUT2D eigenvalue weighted by atomic mass is 9.99. The minimum absolute atomic E-state index is 0.195. The summed E-state index contributed by atoms with van der Waals surface area (Å²) in [7, 11) is 0. The number of amides is 1. The Bertz CT molecular complexity index is 642. The lowest BCUT2D eigenvalue weighted by Gasteiger charge is -2.26. The second-order valence-corrected chi connectivity index (χ2v) is 5.40. The normalized spacial score (nSPS) is 11.5. The van der Waals surface area contributed by atoms with Crippen molar-refractivity contribution in [2.24, 2.45) is 5.73 Å². The van der Waals surface area contributed by atoms with E-state index in [9.17, 15) is 4.79 Å². The van der Waals surface area contributed by atoms with Crippen LogP contribution in [0.25, 0.3) is 11.4 Å². The van der Waals surface area contributed by atoms with Crippen molar-refractivity contribution in [3.8, 4) is 11.4 Å². The molecule has 6 heteroatoms. The fourth-order valence-corrected chi connectivity index (χ4v) is 2.52. The van der Waals surface area contributed by atoms with Gasteiger partial charge in [0.2, 0.25) is 5.91 Å². The van der Waals surface area contributed by atoms with Crippen molar-refractivity contribution >= 4 is 18.1 Å². The molecule has 3 N–H and O–H groups in total. The van der Waals surface area contributed by atoms with E-state index in [0.29, 0.717) is 10.6 Å². The van der Waals surface area contributed by atoms with Crippen LogP contribution >= 0.6 is 12.2 Å². The van der Waals surface area contributed by atoms with E-state index in [0.717, 1.165) is 5.56 Å². The van der Waals surface area contributed by atoms with Crippen molar-refractivity contribution in [3.05, 3.63) is 35.1 Å². The first-order chi connectivity index (χ1) is 8.92. The summed E-state index contributed by atoms with van der Waals surface area (Å²) in [6.45, 7) is 3.82. The minimum Gasteiger partial charge on any atom is -0.370 e. The Labute approximate surface area is 116 Å². The Morgan fingerprint density at radius 2 is 2.05 bits per heavy atom. The molecule has 1 aromatic heterocycles. The molecule has 0 bridgehead atoms. The maximum Gasteiger partial charge on any atom is 0.219 e. The smallest absolute Gasteiger partial charge is 0.219 e. The average Bonchev–Trinajstić information content (AvgIpc) is 2.71. The summed E-state index contributed by atoms with van der Waals surface area (Å²) in [6, 6.07) is 9.68. The van der Waals surface area contributed by atoms with Crippen molar-refractivity contribution in [1.29, 1.82) is 0 Å². The highest BCUT2D eigenvalue weighted by Gasteiger charge is 2.27. The highest BCUT2D eigenvalue weighted by molar-refractivity contribution is 7.71. The topological polar surface area (TPSA) is 76.7 Å². The standard InChI is InChI=1S/C13H16N4OS/c1-13(2,8-10(14)18)17-11(15-16-12(17)19)9-6-4-3-5-7-9/h3-7H,8H2,1-2H3,(H2,14,18)(H,16,19). The molecular formula is C13H16N4OS. The van der Waals surface area contributed by atoms with Gasteiger partial charge < -0.3 is 5.73 Å². The summed E-state index contributed by atoms with van der Waals surface area (Å²) in [6.07, 6.45) is 0.195. The number of rotatable bonds is 4. The molecule has 1 amide bonds. The monoisotopic (exact) mass is 276 g/mol. The van der Waals surface area contributed by atoms with E-state index < -0.39 is 5.54 Å². The Kier molecular flexibility index (Phi) is 3.53. The van der Waals surface area contributed by atoms with Crippen molar-refractivity contribution in [1.82, 2.24) is 14.8 Å². The summed E-state index contributed by atoms with van der Waals surface area (Å²) in [5.41, 5.74) is 5.72. The van der Waals surface area contributed by atoms with E-state index in [1.54, 1.807) is 0 Å². The van der Waals surface area contributed by atoms with Crippen LogP contribution in [-0.2, 0) is 10.3 Å². The van der Waals surface area contributed by atoms with E-state index in [1.807, 2.05) is 48.7 Å². The summed E-state index contributed by atoms with van der Waals surface area (Å²) < 4.78 is 2.31. The summed E-state index contributed by atoms with van der Waals surface area (Å²) in [4.78, 5) is 11.2. The number of primary amides is 1. The number of aromatic amines is 1. The van der Waals surface area contributed by atoms with E-state index in [2.05, 4.69) is 10.2 Å². The summed E-state index contributed by atoms with van der Waals surface area (Å²) in [5, 5.41) is 7.03. The van der Waals surface area contributed by atoms with Crippen LogP contribution < -0.4 is 5.73 Å². The molecule has 0 radical (unpaired) electrons. The molecule has 1 aromatic carbocycles. The van der Waals surface area contributed by atoms with Gasteiger partial charge >= 0.3 is 0 Å². The molecule has 0 saturated heterocycles. The third-order valence-corrected chi connectivity index (χ3v) is 3.19. The molecule has 0 unspecified atom stereocenters. The van der Waals surface area contributed by atoms with Gasteiger partial charge in [-0.15, -0.1) is 0 Å². The zero-order valence-electron chi connectivity index (χ0n) is 10.9. The number of hydrogen-bond acceptors (Lipinski definition) is 3. The first-order valence-corrected chi connectivity index (χ1v) is 6.34. The van der Waals surface area contributed by atoms with Gasteiger partial charge in [-0.25, -0.2) is 0 Å². The number of aromatic nitrogens is 3. The molecule has 0 atom stereocenters. The number of nitrogens with two attached hydrogens (primary N) is 1. The predicted octanol–water partition coefficient (Wildman–Crippen LogP) is 2.22. The van der Waals surface area contributed by atoms with Gasteiger partial charge in [0.15, 0.2) is 10.6 Å². The number of benzene rings is 1. The molecule has 19 heavy (non-hydrogen) atoms. The molecule has 0 aliphatic heterocycles. The molecule has 0 fully saturated rings. The highest BCUT2D eigenvalue weighted by atomic mass is 32.1. The van der Waals surface area contributed by atoms with Gasteiger partial charge in [0.25, 0.3) is 0 Å². The van der Waals surface area contributed by atoms with Crippen molar-refractivity contribution < 1.29 is 4.79 Å². The number of nitrogens with one attached hydrogen (secondary N) is 1. The van der Waals surface area contributed by atoms with Gasteiger partial charge in [-0.05, 0) is 26.1 Å². The number of carbonyl (C=O) groups excluding carboxylic acids is 1. The largest absolute Gasteiger partial charge is 0.370 e. The Morgan fingerprint density at radius 1 is 1.42 bits per heavy atom. The second kappa shape index (κ2) is 4.97. The number of nitrogens with zero attached hydrogens (tertiary/aromatic N) is 2. The van der Waals surface area contributed by atoms with Crippen LogP contribution in [0.1, 0.15) is 20.3 Å². The highest BCUT2D eigenvalue weighted by Crippen LogP contribution is 2.27. The molecule has 100 valence electrons. The van der Waals surface area contributed by atoms with Crippen LogP contribution in [0.4, 0.5) is 0 Å². The van der Waals surface area contributed by atoms with Crippen LogP contribution in [-0.4, -0.2) is 20.7 Å². The van der Waals surface area contributed by atoms with E-state index in [-0.39, 0.29) is 12.3 Å². The van der Waals surface area contributed by atoms with Crippen LogP contribution in [0.2, 0.25) is 0 Å². The number of H-pyrrole nitrogens is 1. The molecule has 0 saturated carbocycles. The van der Waals surface area contributed by atoms with Crippen LogP contribution in [0.15, 0.2) is 30.3 Å². The first kappa shape index (κ1) is 13.5. The minimum atomic E-state index is -0.527. The van der Waals surface area contributed by atoms with Gasteiger partial charge in [-0.3, -0.25) is 14.5 Å². The van der Waals surface area contributed by atoms with Gasteiger partial charge in [0, 0.05) is 12.0 Å². The lowest BCUT2D eigenvalue weighted by Crippen LogP contribution is -2.33. The van der Waals surface area contributed by atoms with E-state index in [1.165, 1.54) is 0 Å². The van der Waals surface area contributed by atoms with Crippen LogP contribution in [0, 0.1) is 4.77 Å². The molecule has 1 heterocycles. The van der Waals surface area contributed by atoms with Gasteiger partial charge in [0.05, 0.1) is 5.54 Å². The maximum atomic E-state index is 11.2. The SMILES string of the molecule is CC(C)(CC(N)=O)n1c(-c2ccccc2)n[nH]c1=S. The molecule has 0 aliphatic carbocycles. The maximum absolute atomic E-state index is 11.2. The third kappa shape index (κ3) is 2.73. The molecule has 2 rings (SSSR count). The summed E-state index contributed by atoms with van der Waals surface area (Å²) in [5.74, 6) is 0.337. The second-order valence-electron chi connectivity index (χ2n) is 5.01. The Morgan fingerprint density at radius 3 is 2.63 bits per heavy atom. The molecule has 0 aliphatic rings. The van der Waals surface area contributed by atoms with Crippen molar-refractivity contribution in [2.75, 3.05) is 0 Å². The first-order valence-electron chi connectivity index (χ1n) is 5.93. The Hall–Kier alpha value is -1.95. The van der Waals surface area contributed by atoms with E-state index in [4.69, 9.17) is 18.0 Å². The fourth-order valence-electron chi connectivity index (χ4n) is 2.14. The quantitative estimate of drug-likeness (QED) is 0.841. The lowest BCUT2D eigenvalue weighted by molar-refractivity contribution is -0.119. The number of hydrogen-bond donors (Lipinski definition) is 2. The zero-order valence-corrected chi connectivity index (χ0v) is 11.7. The Balaban J connectivity index is 2.56. The van der Waals surface area contributed by atoms with Gasteiger partial charge in [0.1, 0.15) is 0 Å². The van der Waals surface area contributed by atoms with E-state index >= 15 is 0 Å². The summed E-state index contributed by atoms with van der Waals surface area (Å²) >= 11 is 5.27. The van der Waals surface area contributed by atoms with Crippen molar-refractivity contribution in [3.63, 3.8) is 0 Å². The fraction of sp³-hybridized carbons (Fsp3) is 0.308. The molecule has 2 aromatic rings. The molecule has 5 nitrogen and oxygen atoms in total. The van der Waals surface area contributed by atoms with Gasteiger partial charge in [-0.1, -0.05) is 30.3 Å². The number of carbonyl (C=O) groups is 1. The molecule has 0 spiro atoms. The predicted molar refractivity (Wildman–Crippen MR) is 76.0 cm³/mol. The molecular weight excluding hydrogens is 260 g/mol. The zero-order chi connectivity index (χ0) is 14.0. The van der Waals surface area contributed by atoms with Gasteiger partial charge in [-0.2, -0.15) is 5.10 Å². The van der Waals surface area contributed by atoms with Crippen LogP contribution in [0.5, 0.6) is 0 Å². The van der Waals surface area contributed by atoms with Crippen LogP contribution in [0.3, 0.4) is 0 Å². The average molecular weight is 276 g/mol. The van der Waals surface area contributed by atoms with Crippen molar-refractivity contribution in [2.45, 2.75) is 25.8 Å². The third-order valence-electron chi connectivity index (χ3n) is 2.92.